The molecule has 0 radical (unpaired) electrons. The number of Topliss-reactive ketones (excluding diaryl/α,β-unsaturated/α-hetero) is 2. The first-order chi connectivity index (χ1) is 29.2. The third-order valence-corrected chi connectivity index (χ3v) is 9.42. The van der Waals surface area contributed by atoms with Gasteiger partial charge in [0.1, 0.15) is 22.5 Å². The van der Waals surface area contributed by atoms with Crippen molar-refractivity contribution >= 4 is 41.6 Å². The van der Waals surface area contributed by atoms with E-state index in [2.05, 4.69) is 0 Å². The normalized spacial score (nSPS) is 16.5. The van der Waals surface area contributed by atoms with Crippen molar-refractivity contribution in [1.82, 2.24) is 0 Å². The molecule has 0 fully saturated rings. The zero-order chi connectivity index (χ0) is 50.9. The standard InChI is InChI=1S/2C22H22F7NO.2ClH.Ti/c2*1-20(2,3)11-7-10(19(31)12(8-11)21(4,5)6)9-30-18-16(25)14(23)13(22(27,28)29)15(24)17(18)26;;;/h2*7-9,30H,1-6H3;2*1H;/q;;;;+2/p-2/b10-9-;;;;. The van der Waals surface area contributed by atoms with Gasteiger partial charge in [-0.3, -0.25) is 9.59 Å². The molecule has 0 heterocycles. The van der Waals surface area contributed by atoms with Crippen LogP contribution in [0.5, 0.6) is 0 Å². The number of carbonyl (C=O) groups is 2. The van der Waals surface area contributed by atoms with Crippen LogP contribution in [0.4, 0.5) is 72.8 Å². The Morgan fingerprint density at radius 3 is 0.846 bits per heavy atom. The molecule has 0 aliphatic heterocycles. The summed E-state index contributed by atoms with van der Waals surface area (Å²) >= 11 is -0.556. The predicted molar refractivity (Wildman–Crippen MR) is 218 cm³/mol. The van der Waals surface area contributed by atoms with Crippen LogP contribution in [0.3, 0.4) is 0 Å². The molecule has 0 spiro atoms. The van der Waals surface area contributed by atoms with E-state index in [-0.39, 0.29) is 11.1 Å². The van der Waals surface area contributed by atoms with Crippen molar-refractivity contribution in [3.8, 4) is 0 Å². The number of hydrogen-bond acceptors (Lipinski definition) is 4. The number of carbonyl (C=O) groups excluding carboxylic acids is 2. The number of anilines is 2. The first-order valence-electron chi connectivity index (χ1n) is 18.9. The number of rotatable bonds is 4. The van der Waals surface area contributed by atoms with Gasteiger partial charge >= 0.3 is 48.0 Å². The van der Waals surface area contributed by atoms with E-state index in [0.29, 0.717) is 22.3 Å². The number of allylic oxidation sites excluding steroid dienone is 10. The molecule has 0 aromatic heterocycles. The van der Waals surface area contributed by atoms with Gasteiger partial charge in [-0.2, -0.15) is 26.3 Å². The summed E-state index contributed by atoms with van der Waals surface area (Å²) in [6.07, 6.45) is -3.34. The van der Waals surface area contributed by atoms with Crippen LogP contribution >= 0.6 is 18.6 Å². The first-order valence-corrected chi connectivity index (χ1v) is 23.2. The predicted octanol–water partition coefficient (Wildman–Crippen LogP) is 15.5. The van der Waals surface area contributed by atoms with Crippen molar-refractivity contribution in [2.24, 2.45) is 21.7 Å². The minimum absolute atomic E-state index is 0.0723. The second-order valence-corrected chi connectivity index (χ2v) is 21.1. The third kappa shape index (κ3) is 13.6. The van der Waals surface area contributed by atoms with Gasteiger partial charge in [-0.05, 0) is 45.0 Å². The van der Waals surface area contributed by atoms with E-state index < -0.39 is 132 Å². The molecule has 65 heavy (non-hydrogen) atoms. The van der Waals surface area contributed by atoms with E-state index in [1.165, 1.54) is 12.2 Å². The molecular weight excluding hydrogens is 973 g/mol. The van der Waals surface area contributed by atoms with Crippen molar-refractivity contribution in [3.05, 3.63) is 128 Å². The van der Waals surface area contributed by atoms with Crippen molar-refractivity contribution in [2.75, 3.05) is 10.6 Å². The maximum absolute atomic E-state index is 14.1. The summed E-state index contributed by atoms with van der Waals surface area (Å²) in [5.41, 5.74) is -8.25. The van der Waals surface area contributed by atoms with Crippen LogP contribution in [-0.2, 0) is 39.0 Å². The number of halogens is 16. The molecule has 2 N–H and O–H groups in total. The Hall–Kier alpha value is -3.87. The Bertz CT molecular complexity index is 2180. The second kappa shape index (κ2) is 20.6. The van der Waals surface area contributed by atoms with E-state index in [1.54, 1.807) is 53.7 Å². The van der Waals surface area contributed by atoms with E-state index in [1.807, 2.05) is 52.2 Å². The van der Waals surface area contributed by atoms with Gasteiger partial charge in [0.05, 0.1) is 0 Å². The van der Waals surface area contributed by atoms with E-state index in [9.17, 15) is 71.1 Å². The average molecular weight is 1020 g/mol. The van der Waals surface area contributed by atoms with Crippen LogP contribution in [0.1, 0.15) is 94.2 Å². The molecular formula is C44H44Cl2F14N2O2Ti. The van der Waals surface area contributed by atoms with Crippen LogP contribution in [0.25, 0.3) is 0 Å². The number of hydrogen-bond donors (Lipinski definition) is 2. The molecule has 4 nitrogen and oxygen atoms in total. The van der Waals surface area contributed by atoms with Gasteiger partial charge in [0, 0.05) is 34.7 Å². The second-order valence-electron chi connectivity index (χ2n) is 18.5. The Morgan fingerprint density at radius 2 is 0.662 bits per heavy atom. The molecule has 358 valence electrons. The SMILES string of the molecule is CC(C)(C)C1=C/C(=C/Nc2c(F)c(F)c(C(F)(F)F)c(F)c2F)C(=O)C(C(C)(C)C)=C1.CC(C)(C)C1=CC(=CNc2c(F)c(F)c(C(F)(F)F)c(F)c2F)C(=O)C(C(C)(C)C)=C1.[Cl][Ti][Cl]. The van der Waals surface area contributed by atoms with E-state index in [4.69, 9.17) is 18.6 Å². The van der Waals surface area contributed by atoms with Crippen molar-refractivity contribution in [1.29, 1.82) is 0 Å². The monoisotopic (exact) mass is 1020 g/mol. The fourth-order valence-corrected chi connectivity index (χ4v) is 5.81. The fourth-order valence-electron chi connectivity index (χ4n) is 5.81. The number of nitrogens with one attached hydrogen (secondary N) is 2. The summed E-state index contributed by atoms with van der Waals surface area (Å²) in [5, 5.41) is 3.87. The van der Waals surface area contributed by atoms with Crippen LogP contribution in [-0.4, -0.2) is 11.6 Å². The van der Waals surface area contributed by atoms with Gasteiger partial charge in [0.15, 0.2) is 58.1 Å². The summed E-state index contributed by atoms with van der Waals surface area (Å²) in [5.74, 6) is -20.3. The zero-order valence-corrected chi connectivity index (χ0v) is 39.9. The van der Waals surface area contributed by atoms with E-state index in [0.717, 1.165) is 12.4 Å². The van der Waals surface area contributed by atoms with Gasteiger partial charge in [-0.15, -0.1) is 0 Å². The molecule has 0 atom stereocenters. The van der Waals surface area contributed by atoms with Gasteiger partial charge in [0.25, 0.3) is 0 Å². The quantitative estimate of drug-likeness (QED) is 0.139. The Morgan fingerprint density at radius 1 is 0.431 bits per heavy atom. The van der Waals surface area contributed by atoms with E-state index >= 15 is 0 Å². The molecule has 2 aliphatic rings. The van der Waals surface area contributed by atoms with Gasteiger partial charge in [-0.25, -0.2) is 35.1 Å². The summed E-state index contributed by atoms with van der Waals surface area (Å²) < 4.78 is 188. The Balaban J connectivity index is 0.000000421. The molecule has 0 amide bonds. The average Bonchev–Trinajstić information content (AvgIpc) is 3.12. The van der Waals surface area contributed by atoms with Crippen LogP contribution < -0.4 is 10.6 Å². The summed E-state index contributed by atoms with van der Waals surface area (Å²) in [6, 6.07) is 0. The first kappa shape index (κ1) is 57.3. The molecule has 0 saturated heterocycles. The molecule has 2 aromatic rings. The fraction of sp³-hybridized carbons (Fsp3) is 0.409. The topological polar surface area (TPSA) is 58.2 Å². The van der Waals surface area contributed by atoms with Crippen LogP contribution in [0.2, 0.25) is 0 Å². The van der Waals surface area contributed by atoms with Crippen LogP contribution in [0.15, 0.2) is 70.1 Å². The van der Waals surface area contributed by atoms with Gasteiger partial charge in [0.2, 0.25) is 0 Å². The molecule has 0 bridgehead atoms. The van der Waals surface area contributed by atoms with Gasteiger partial charge < -0.3 is 10.6 Å². The zero-order valence-electron chi connectivity index (χ0n) is 36.8. The number of alkyl halides is 6. The van der Waals surface area contributed by atoms with Crippen molar-refractivity contribution in [2.45, 2.75) is 95.4 Å². The minimum atomic E-state index is -5.64. The molecule has 21 heteroatoms. The summed E-state index contributed by atoms with van der Waals surface area (Å²) in [7, 11) is 9.78. The molecule has 4 rings (SSSR count). The Kier molecular flexibility index (Phi) is 18.1. The van der Waals surface area contributed by atoms with Crippen molar-refractivity contribution in [3.63, 3.8) is 0 Å². The third-order valence-electron chi connectivity index (χ3n) is 9.42. The van der Waals surface area contributed by atoms with Crippen LogP contribution in [0, 0.1) is 68.2 Å². The van der Waals surface area contributed by atoms with Crippen molar-refractivity contribution < 1.29 is 88.1 Å². The summed E-state index contributed by atoms with van der Waals surface area (Å²) in [6.45, 7) is 21.9. The summed E-state index contributed by atoms with van der Waals surface area (Å²) in [4.78, 5) is 25.7. The molecule has 0 saturated carbocycles. The molecule has 2 aromatic carbocycles. The Labute approximate surface area is 383 Å². The maximum atomic E-state index is 14.1. The number of benzene rings is 2. The number of ketones is 2. The molecule has 2 aliphatic carbocycles. The molecule has 0 unspecified atom stereocenters. The van der Waals surface area contributed by atoms with Gasteiger partial charge in [-0.1, -0.05) is 95.2 Å².